The SMILES string of the molecule is COCC1CCN(CCNCc2cc(Br)cs2)CC1. The zero-order valence-corrected chi connectivity index (χ0v) is 13.9. The molecular weight excluding hydrogens is 324 g/mol. The summed E-state index contributed by atoms with van der Waals surface area (Å²) in [5.74, 6) is 0.776. The minimum Gasteiger partial charge on any atom is -0.384 e. The summed E-state index contributed by atoms with van der Waals surface area (Å²) in [6.45, 7) is 6.59. The lowest BCUT2D eigenvalue weighted by atomic mass is 9.98. The van der Waals surface area contributed by atoms with Gasteiger partial charge < -0.3 is 15.0 Å². The van der Waals surface area contributed by atoms with Crippen LogP contribution in [0.4, 0.5) is 0 Å². The normalized spacial score (nSPS) is 18.0. The Morgan fingerprint density at radius 3 is 2.89 bits per heavy atom. The molecule has 0 unspecified atom stereocenters. The van der Waals surface area contributed by atoms with Crippen LogP contribution < -0.4 is 5.32 Å². The molecule has 108 valence electrons. The average molecular weight is 347 g/mol. The highest BCUT2D eigenvalue weighted by Gasteiger charge is 2.18. The van der Waals surface area contributed by atoms with Crippen molar-refractivity contribution in [2.75, 3.05) is 39.9 Å². The van der Waals surface area contributed by atoms with Crippen LogP contribution in [0.2, 0.25) is 0 Å². The maximum atomic E-state index is 5.23. The standard InChI is InChI=1S/C14H23BrN2OS/c1-18-10-12-2-5-17(6-3-12)7-4-16-9-14-8-13(15)11-19-14/h8,11-12,16H,2-7,9-10H2,1H3. The number of likely N-dealkylation sites (tertiary alicyclic amines) is 1. The summed E-state index contributed by atoms with van der Waals surface area (Å²) in [4.78, 5) is 3.95. The van der Waals surface area contributed by atoms with Crippen LogP contribution in [0.1, 0.15) is 17.7 Å². The summed E-state index contributed by atoms with van der Waals surface area (Å²) in [6, 6.07) is 2.19. The maximum Gasteiger partial charge on any atom is 0.0491 e. The van der Waals surface area contributed by atoms with Gasteiger partial charge in [-0.3, -0.25) is 0 Å². The van der Waals surface area contributed by atoms with Gasteiger partial charge in [0.2, 0.25) is 0 Å². The molecule has 2 heterocycles. The number of nitrogens with one attached hydrogen (secondary N) is 1. The number of piperidine rings is 1. The molecule has 1 aliphatic heterocycles. The van der Waals surface area contributed by atoms with Gasteiger partial charge >= 0.3 is 0 Å². The molecular formula is C14H23BrN2OS. The fraction of sp³-hybridized carbons (Fsp3) is 0.714. The van der Waals surface area contributed by atoms with Crippen molar-refractivity contribution < 1.29 is 4.74 Å². The van der Waals surface area contributed by atoms with E-state index in [2.05, 4.69) is 37.6 Å². The molecule has 1 saturated heterocycles. The average Bonchev–Trinajstić information content (AvgIpc) is 2.83. The smallest absolute Gasteiger partial charge is 0.0491 e. The number of halogens is 1. The van der Waals surface area contributed by atoms with Crippen molar-refractivity contribution in [3.05, 3.63) is 20.8 Å². The maximum absolute atomic E-state index is 5.23. The van der Waals surface area contributed by atoms with Gasteiger partial charge in [0, 0.05) is 48.1 Å². The third-order valence-electron chi connectivity index (χ3n) is 3.64. The van der Waals surface area contributed by atoms with Crippen molar-refractivity contribution in [2.45, 2.75) is 19.4 Å². The second-order valence-electron chi connectivity index (χ2n) is 5.15. The lowest BCUT2D eigenvalue weighted by molar-refractivity contribution is 0.0998. The first-order valence-electron chi connectivity index (χ1n) is 6.93. The van der Waals surface area contributed by atoms with Gasteiger partial charge in [-0.1, -0.05) is 0 Å². The minimum absolute atomic E-state index is 0.776. The first kappa shape index (κ1) is 15.4. The van der Waals surface area contributed by atoms with E-state index in [-0.39, 0.29) is 0 Å². The van der Waals surface area contributed by atoms with Crippen LogP contribution in [0.25, 0.3) is 0 Å². The lowest BCUT2D eigenvalue weighted by Crippen LogP contribution is -2.38. The Morgan fingerprint density at radius 1 is 1.47 bits per heavy atom. The highest BCUT2D eigenvalue weighted by atomic mass is 79.9. The predicted octanol–water partition coefficient (Wildman–Crippen LogP) is 2.96. The second kappa shape index (κ2) is 8.37. The van der Waals surface area contributed by atoms with Crippen LogP contribution in [-0.2, 0) is 11.3 Å². The summed E-state index contributed by atoms with van der Waals surface area (Å²) in [6.07, 6.45) is 2.57. The van der Waals surface area contributed by atoms with Gasteiger partial charge in [-0.15, -0.1) is 11.3 Å². The van der Waals surface area contributed by atoms with E-state index >= 15 is 0 Å². The summed E-state index contributed by atoms with van der Waals surface area (Å²) >= 11 is 5.29. The Bertz CT molecular complexity index is 364. The Hall–Kier alpha value is 0.0600. The van der Waals surface area contributed by atoms with Gasteiger partial charge in [0.1, 0.15) is 0 Å². The quantitative estimate of drug-likeness (QED) is 0.768. The molecule has 0 radical (unpaired) electrons. The topological polar surface area (TPSA) is 24.5 Å². The number of hydrogen-bond donors (Lipinski definition) is 1. The molecule has 1 aromatic heterocycles. The third kappa shape index (κ3) is 5.52. The molecule has 0 amide bonds. The Kier molecular flexibility index (Phi) is 6.81. The molecule has 1 aromatic rings. The van der Waals surface area contributed by atoms with Crippen LogP contribution in [0.5, 0.6) is 0 Å². The van der Waals surface area contributed by atoms with Gasteiger partial charge in [-0.2, -0.15) is 0 Å². The van der Waals surface area contributed by atoms with E-state index in [1.54, 1.807) is 18.4 Å². The Morgan fingerprint density at radius 2 is 2.26 bits per heavy atom. The van der Waals surface area contributed by atoms with E-state index in [1.165, 1.54) is 35.3 Å². The molecule has 1 fully saturated rings. The lowest BCUT2D eigenvalue weighted by Gasteiger charge is -2.31. The summed E-state index contributed by atoms with van der Waals surface area (Å²) in [7, 11) is 1.80. The van der Waals surface area contributed by atoms with E-state index in [1.807, 2.05) is 0 Å². The zero-order chi connectivity index (χ0) is 13.5. The van der Waals surface area contributed by atoms with Crippen LogP contribution >= 0.6 is 27.3 Å². The number of rotatable bonds is 7. The van der Waals surface area contributed by atoms with E-state index in [0.29, 0.717) is 0 Å². The number of methoxy groups -OCH3 is 1. The Labute approximate surface area is 128 Å². The van der Waals surface area contributed by atoms with Crippen molar-refractivity contribution in [2.24, 2.45) is 5.92 Å². The van der Waals surface area contributed by atoms with Crippen molar-refractivity contribution in [3.63, 3.8) is 0 Å². The molecule has 0 bridgehead atoms. The van der Waals surface area contributed by atoms with E-state index < -0.39 is 0 Å². The van der Waals surface area contributed by atoms with Crippen LogP contribution in [-0.4, -0.2) is 44.8 Å². The molecule has 1 aliphatic rings. The molecule has 5 heteroatoms. The van der Waals surface area contributed by atoms with E-state index in [9.17, 15) is 0 Å². The summed E-state index contributed by atoms with van der Waals surface area (Å²) in [5.41, 5.74) is 0. The van der Waals surface area contributed by atoms with Gasteiger partial charge in [0.15, 0.2) is 0 Å². The number of nitrogens with zero attached hydrogens (tertiary/aromatic N) is 1. The number of thiophene rings is 1. The molecule has 1 N–H and O–H groups in total. The number of hydrogen-bond acceptors (Lipinski definition) is 4. The van der Waals surface area contributed by atoms with Crippen molar-refractivity contribution >= 4 is 27.3 Å². The first-order valence-corrected chi connectivity index (χ1v) is 8.60. The van der Waals surface area contributed by atoms with Crippen molar-refractivity contribution in [1.82, 2.24) is 10.2 Å². The highest BCUT2D eigenvalue weighted by Crippen LogP contribution is 2.19. The molecule has 0 atom stereocenters. The fourth-order valence-corrected chi connectivity index (χ4v) is 3.93. The molecule has 0 aliphatic carbocycles. The summed E-state index contributed by atoms with van der Waals surface area (Å²) < 4.78 is 6.42. The predicted molar refractivity (Wildman–Crippen MR) is 84.8 cm³/mol. The molecule has 2 rings (SSSR count). The molecule has 19 heavy (non-hydrogen) atoms. The third-order valence-corrected chi connectivity index (χ3v) is 5.33. The molecule has 0 aromatic carbocycles. The fourth-order valence-electron chi connectivity index (χ4n) is 2.51. The van der Waals surface area contributed by atoms with Gasteiger partial charge in [0.25, 0.3) is 0 Å². The monoisotopic (exact) mass is 346 g/mol. The molecule has 3 nitrogen and oxygen atoms in total. The largest absolute Gasteiger partial charge is 0.384 e. The highest BCUT2D eigenvalue weighted by molar-refractivity contribution is 9.10. The van der Waals surface area contributed by atoms with Gasteiger partial charge in [0.05, 0.1) is 0 Å². The molecule has 0 saturated carbocycles. The summed E-state index contributed by atoms with van der Waals surface area (Å²) in [5, 5.41) is 5.66. The first-order chi connectivity index (χ1) is 9.28. The molecule has 0 spiro atoms. The van der Waals surface area contributed by atoms with Crippen molar-refractivity contribution in [3.8, 4) is 0 Å². The number of ether oxygens (including phenoxy) is 1. The van der Waals surface area contributed by atoms with Crippen molar-refractivity contribution in [1.29, 1.82) is 0 Å². The Balaban J connectivity index is 1.54. The second-order valence-corrected chi connectivity index (χ2v) is 7.06. The van der Waals surface area contributed by atoms with E-state index in [4.69, 9.17) is 4.74 Å². The van der Waals surface area contributed by atoms with Crippen LogP contribution in [0.15, 0.2) is 15.9 Å². The van der Waals surface area contributed by atoms with Gasteiger partial charge in [-0.05, 0) is 53.8 Å². The van der Waals surface area contributed by atoms with Crippen LogP contribution in [0.3, 0.4) is 0 Å². The minimum atomic E-state index is 0.776. The zero-order valence-electron chi connectivity index (χ0n) is 11.5. The van der Waals surface area contributed by atoms with E-state index in [0.717, 1.165) is 32.2 Å². The van der Waals surface area contributed by atoms with Gasteiger partial charge in [-0.25, -0.2) is 0 Å². The van der Waals surface area contributed by atoms with Crippen LogP contribution in [0, 0.1) is 5.92 Å².